The largest absolute Gasteiger partial charge is 0.355 e. The maximum Gasteiger partial charge on any atom is 0.233 e. The molecule has 138 valence electrons. The van der Waals surface area contributed by atoms with Gasteiger partial charge in [-0.15, -0.1) is 0 Å². The molecule has 25 heavy (non-hydrogen) atoms. The van der Waals surface area contributed by atoms with E-state index in [2.05, 4.69) is 30.7 Å². The smallest absolute Gasteiger partial charge is 0.233 e. The summed E-state index contributed by atoms with van der Waals surface area (Å²) in [6.45, 7) is 7.51. The van der Waals surface area contributed by atoms with Gasteiger partial charge < -0.3 is 9.88 Å². The minimum absolute atomic E-state index is 0.00896. The van der Waals surface area contributed by atoms with E-state index in [0.717, 1.165) is 54.4 Å². The van der Waals surface area contributed by atoms with E-state index in [1.54, 1.807) is 11.8 Å². The molecular formula is C20H31N3OS. The molecule has 1 amide bonds. The number of nitrogens with zero attached hydrogens (tertiary/aromatic N) is 2. The molecule has 1 N–H and O–H groups in total. The predicted octanol–water partition coefficient (Wildman–Crippen LogP) is 4.26. The third-order valence-electron chi connectivity index (χ3n) is 6.91. The van der Waals surface area contributed by atoms with Crippen molar-refractivity contribution in [2.24, 2.45) is 17.8 Å². The molecule has 0 unspecified atom stereocenters. The summed E-state index contributed by atoms with van der Waals surface area (Å²) in [5, 5.41) is 4.14. The SMILES string of the molecule is Cc1nc(S[C@@H]2CCCCNC2=O)n([C@H](C)[C@@H]2C[C@H]3CC[C@H]2C3)c1C. The van der Waals surface area contributed by atoms with E-state index in [1.807, 2.05) is 0 Å². The van der Waals surface area contributed by atoms with Crippen LogP contribution in [0.2, 0.25) is 0 Å². The summed E-state index contributed by atoms with van der Waals surface area (Å²) in [6.07, 6.45) is 8.86. The Bertz CT molecular complexity index is 656. The number of carbonyl (C=O) groups excluding carboxylic acids is 1. The number of nitrogens with one attached hydrogen (secondary N) is 1. The van der Waals surface area contributed by atoms with Crippen LogP contribution in [0.5, 0.6) is 0 Å². The van der Waals surface area contributed by atoms with Gasteiger partial charge in [-0.3, -0.25) is 4.79 Å². The Morgan fingerprint density at radius 2 is 2.04 bits per heavy atom. The van der Waals surface area contributed by atoms with Crippen LogP contribution in [0.3, 0.4) is 0 Å². The second-order valence-corrected chi connectivity index (χ2v) is 9.58. The summed E-state index contributed by atoms with van der Waals surface area (Å²) in [7, 11) is 0. The Labute approximate surface area is 155 Å². The fourth-order valence-corrected chi connectivity index (χ4v) is 6.72. The number of amides is 1. The highest BCUT2D eigenvalue weighted by Crippen LogP contribution is 2.52. The van der Waals surface area contributed by atoms with Crippen LogP contribution in [-0.2, 0) is 4.79 Å². The number of aryl methyl sites for hydroxylation is 1. The number of carbonyl (C=O) groups is 1. The lowest BCUT2D eigenvalue weighted by molar-refractivity contribution is -0.120. The fourth-order valence-electron chi connectivity index (χ4n) is 5.39. The summed E-state index contributed by atoms with van der Waals surface area (Å²) in [5.41, 5.74) is 2.40. The molecule has 2 saturated carbocycles. The van der Waals surface area contributed by atoms with Crippen molar-refractivity contribution in [1.29, 1.82) is 0 Å². The highest BCUT2D eigenvalue weighted by Gasteiger charge is 2.43. The Morgan fingerprint density at radius 3 is 2.76 bits per heavy atom. The van der Waals surface area contributed by atoms with Gasteiger partial charge >= 0.3 is 0 Å². The zero-order chi connectivity index (χ0) is 17.6. The van der Waals surface area contributed by atoms with E-state index in [4.69, 9.17) is 4.98 Å². The summed E-state index contributed by atoms with van der Waals surface area (Å²) in [4.78, 5) is 17.3. The van der Waals surface area contributed by atoms with E-state index in [9.17, 15) is 4.79 Å². The Morgan fingerprint density at radius 1 is 1.20 bits per heavy atom. The van der Waals surface area contributed by atoms with Crippen molar-refractivity contribution in [3.05, 3.63) is 11.4 Å². The maximum absolute atomic E-state index is 12.4. The van der Waals surface area contributed by atoms with Crippen LogP contribution in [0.25, 0.3) is 0 Å². The lowest BCUT2D eigenvalue weighted by Gasteiger charge is -2.31. The lowest BCUT2D eigenvalue weighted by Crippen LogP contribution is -2.31. The maximum atomic E-state index is 12.4. The van der Waals surface area contributed by atoms with Gasteiger partial charge in [-0.1, -0.05) is 24.6 Å². The molecule has 2 heterocycles. The summed E-state index contributed by atoms with van der Waals surface area (Å²) in [5.74, 6) is 2.85. The number of hydrogen-bond donors (Lipinski definition) is 1. The summed E-state index contributed by atoms with van der Waals surface area (Å²) >= 11 is 1.69. The molecule has 2 bridgehead atoms. The molecule has 4 rings (SSSR count). The van der Waals surface area contributed by atoms with Crippen molar-refractivity contribution >= 4 is 17.7 Å². The summed E-state index contributed by atoms with van der Waals surface area (Å²) in [6, 6.07) is 0.493. The van der Waals surface area contributed by atoms with Gasteiger partial charge in [-0.2, -0.15) is 0 Å². The van der Waals surface area contributed by atoms with Crippen molar-refractivity contribution < 1.29 is 4.79 Å². The number of hydrogen-bond acceptors (Lipinski definition) is 3. The molecule has 0 radical (unpaired) electrons. The average Bonchev–Trinajstić information content (AvgIpc) is 3.24. The van der Waals surface area contributed by atoms with Gasteiger partial charge in [-0.05, 0) is 70.6 Å². The molecular weight excluding hydrogens is 330 g/mol. The van der Waals surface area contributed by atoms with Gasteiger partial charge in [0.05, 0.1) is 10.9 Å². The van der Waals surface area contributed by atoms with Crippen LogP contribution in [0, 0.1) is 31.6 Å². The fraction of sp³-hybridized carbons (Fsp3) is 0.800. The topological polar surface area (TPSA) is 46.9 Å². The molecule has 3 fully saturated rings. The van der Waals surface area contributed by atoms with E-state index in [-0.39, 0.29) is 11.2 Å². The van der Waals surface area contributed by atoms with Gasteiger partial charge in [0.25, 0.3) is 0 Å². The first kappa shape index (κ1) is 17.4. The minimum Gasteiger partial charge on any atom is -0.355 e. The first-order chi connectivity index (χ1) is 12.0. The molecule has 1 aromatic heterocycles. The van der Waals surface area contributed by atoms with Crippen molar-refractivity contribution in [1.82, 2.24) is 14.9 Å². The molecule has 2 aliphatic carbocycles. The van der Waals surface area contributed by atoms with Gasteiger partial charge in [0.2, 0.25) is 5.91 Å². The quantitative estimate of drug-likeness (QED) is 0.872. The van der Waals surface area contributed by atoms with E-state index in [1.165, 1.54) is 31.4 Å². The number of imidazole rings is 1. The van der Waals surface area contributed by atoms with E-state index in [0.29, 0.717) is 6.04 Å². The minimum atomic E-state index is 0.00896. The zero-order valence-electron chi connectivity index (χ0n) is 15.8. The molecule has 4 nitrogen and oxygen atoms in total. The van der Waals surface area contributed by atoms with Gasteiger partial charge in [0.1, 0.15) is 0 Å². The van der Waals surface area contributed by atoms with Crippen LogP contribution in [0.1, 0.15) is 69.3 Å². The van der Waals surface area contributed by atoms with Crippen LogP contribution < -0.4 is 5.32 Å². The Hall–Kier alpha value is -0.970. The highest BCUT2D eigenvalue weighted by atomic mass is 32.2. The number of thioether (sulfide) groups is 1. The normalized spacial score (nSPS) is 33.3. The number of fused-ring (bicyclic) bond motifs is 2. The van der Waals surface area contributed by atoms with Crippen LogP contribution in [0.4, 0.5) is 0 Å². The first-order valence-electron chi connectivity index (χ1n) is 10.0. The van der Waals surface area contributed by atoms with Crippen LogP contribution in [0.15, 0.2) is 5.16 Å². The Balaban J connectivity index is 1.58. The molecule has 1 aromatic rings. The number of rotatable bonds is 4. The van der Waals surface area contributed by atoms with Crippen LogP contribution >= 0.6 is 11.8 Å². The third kappa shape index (κ3) is 3.24. The Kier molecular flexibility index (Phi) is 4.87. The molecule has 5 heteroatoms. The monoisotopic (exact) mass is 361 g/mol. The zero-order valence-corrected chi connectivity index (χ0v) is 16.6. The van der Waals surface area contributed by atoms with Crippen molar-refractivity contribution in [2.45, 2.75) is 82.2 Å². The highest BCUT2D eigenvalue weighted by molar-refractivity contribution is 8.00. The lowest BCUT2D eigenvalue weighted by atomic mass is 9.84. The van der Waals surface area contributed by atoms with Crippen molar-refractivity contribution in [3.63, 3.8) is 0 Å². The molecule has 1 aliphatic heterocycles. The average molecular weight is 362 g/mol. The molecule has 5 atom stereocenters. The van der Waals surface area contributed by atoms with Crippen molar-refractivity contribution in [3.8, 4) is 0 Å². The second-order valence-electron chi connectivity index (χ2n) is 8.41. The number of aromatic nitrogens is 2. The van der Waals surface area contributed by atoms with E-state index >= 15 is 0 Å². The standard InChI is InChI=1S/C20H31N3OS/c1-12-13(2)23(14(3)17-11-15-7-8-16(17)10-15)20(22-12)25-18-6-4-5-9-21-19(18)24/h14-18H,4-11H2,1-3H3,(H,21,24)/t14-,15+,16+,17+,18-/m1/s1. The molecule has 3 aliphatic rings. The van der Waals surface area contributed by atoms with Gasteiger partial charge in [-0.25, -0.2) is 4.98 Å². The molecule has 1 saturated heterocycles. The van der Waals surface area contributed by atoms with Crippen LogP contribution in [-0.4, -0.2) is 27.3 Å². The molecule has 0 spiro atoms. The second kappa shape index (κ2) is 6.98. The van der Waals surface area contributed by atoms with Gasteiger partial charge in [0.15, 0.2) is 5.16 Å². The molecule has 0 aromatic carbocycles. The van der Waals surface area contributed by atoms with Crippen molar-refractivity contribution in [2.75, 3.05) is 6.54 Å². The summed E-state index contributed by atoms with van der Waals surface area (Å²) < 4.78 is 2.46. The third-order valence-corrected chi connectivity index (χ3v) is 8.14. The van der Waals surface area contributed by atoms with Gasteiger partial charge in [0, 0.05) is 18.3 Å². The predicted molar refractivity (Wildman–Crippen MR) is 102 cm³/mol. The van der Waals surface area contributed by atoms with E-state index < -0.39 is 0 Å². The first-order valence-corrected chi connectivity index (χ1v) is 10.9.